The third-order valence-corrected chi connectivity index (χ3v) is 2.93. The molecule has 1 unspecified atom stereocenters. The number of fused-ring (bicyclic) bond motifs is 1. The number of anilines is 1. The number of Topliss-reactive ketones (excluding diaryl/α,β-unsaturated/α-hetero) is 1. The van der Waals surface area contributed by atoms with Crippen molar-refractivity contribution in [1.82, 2.24) is 0 Å². The molecule has 0 amide bonds. The van der Waals surface area contributed by atoms with Crippen molar-refractivity contribution < 1.29 is 9.59 Å². The Balaban J connectivity index is 2.29. The zero-order valence-corrected chi connectivity index (χ0v) is 9.76. The van der Waals surface area contributed by atoms with Crippen LogP contribution in [0, 0.1) is 0 Å². The van der Waals surface area contributed by atoms with E-state index in [2.05, 4.69) is 5.32 Å². The van der Waals surface area contributed by atoms with Gasteiger partial charge in [0.2, 0.25) is 0 Å². The molecule has 1 atom stereocenters. The third kappa shape index (κ3) is 2.06. The van der Waals surface area contributed by atoms with E-state index in [4.69, 9.17) is 23.2 Å². The Morgan fingerprint density at radius 3 is 2.88 bits per heavy atom. The fourth-order valence-electron chi connectivity index (χ4n) is 1.75. The summed E-state index contributed by atoms with van der Waals surface area (Å²) in [6, 6.07) is 4.94. The molecule has 5 heteroatoms. The largest absolute Gasteiger partial charge is 0.375 e. The number of aldehydes is 1. The Labute approximate surface area is 103 Å². The smallest absolute Gasteiger partial charge is 0.195 e. The molecule has 1 N–H and O–H groups in total. The number of alkyl halides is 2. The fraction of sp³-hybridized carbons (Fsp3) is 0.273. The molecule has 0 bridgehead atoms. The van der Waals surface area contributed by atoms with Crippen molar-refractivity contribution in [3.05, 3.63) is 29.3 Å². The number of nitrogens with one attached hydrogen (secondary N) is 1. The SMILES string of the molecule is O=CC1Cc2cc(C(=O)C(Cl)Cl)ccc2N1. The van der Waals surface area contributed by atoms with Crippen molar-refractivity contribution in [2.75, 3.05) is 5.32 Å². The van der Waals surface area contributed by atoms with Gasteiger partial charge < -0.3 is 10.1 Å². The summed E-state index contributed by atoms with van der Waals surface area (Å²) in [6.07, 6.45) is 1.45. The summed E-state index contributed by atoms with van der Waals surface area (Å²) >= 11 is 11.0. The van der Waals surface area contributed by atoms with Gasteiger partial charge in [-0.15, -0.1) is 0 Å². The summed E-state index contributed by atoms with van der Waals surface area (Å²) < 4.78 is 0. The standard InChI is InChI=1S/C11H9Cl2NO2/c12-11(13)10(16)6-1-2-9-7(3-6)4-8(5-15)14-9/h1-3,5,8,11,14H,4H2. The average molecular weight is 258 g/mol. The Morgan fingerprint density at radius 1 is 1.50 bits per heavy atom. The van der Waals surface area contributed by atoms with Crippen molar-refractivity contribution in [1.29, 1.82) is 0 Å². The number of halogens is 2. The van der Waals surface area contributed by atoms with Gasteiger partial charge in [-0.2, -0.15) is 0 Å². The van der Waals surface area contributed by atoms with E-state index >= 15 is 0 Å². The second-order valence-corrected chi connectivity index (χ2v) is 4.72. The second kappa shape index (κ2) is 4.44. The lowest BCUT2D eigenvalue weighted by Crippen LogP contribution is -2.15. The first-order chi connectivity index (χ1) is 7.61. The number of rotatable bonds is 3. The van der Waals surface area contributed by atoms with Crippen molar-refractivity contribution in [3.8, 4) is 0 Å². The third-order valence-electron chi connectivity index (χ3n) is 2.53. The van der Waals surface area contributed by atoms with Crippen molar-refractivity contribution in [3.63, 3.8) is 0 Å². The lowest BCUT2D eigenvalue weighted by atomic mass is 10.0. The van der Waals surface area contributed by atoms with Gasteiger partial charge >= 0.3 is 0 Å². The molecule has 0 spiro atoms. The highest BCUT2D eigenvalue weighted by Crippen LogP contribution is 2.27. The molecule has 1 aromatic carbocycles. The molecular formula is C11H9Cl2NO2. The van der Waals surface area contributed by atoms with Crippen LogP contribution in [0.15, 0.2) is 18.2 Å². The molecule has 3 nitrogen and oxygen atoms in total. The van der Waals surface area contributed by atoms with Crippen LogP contribution in [-0.4, -0.2) is 22.9 Å². The minimum Gasteiger partial charge on any atom is -0.375 e. The van der Waals surface area contributed by atoms with Gasteiger partial charge in [0.25, 0.3) is 0 Å². The highest BCUT2D eigenvalue weighted by atomic mass is 35.5. The number of carbonyl (C=O) groups excluding carboxylic acids is 2. The van der Waals surface area contributed by atoms with Crippen molar-refractivity contribution in [2.24, 2.45) is 0 Å². The number of carbonyl (C=O) groups is 2. The topological polar surface area (TPSA) is 46.2 Å². The van der Waals surface area contributed by atoms with Crippen molar-refractivity contribution in [2.45, 2.75) is 17.3 Å². The summed E-state index contributed by atoms with van der Waals surface area (Å²) in [7, 11) is 0. The predicted octanol–water partition coefficient (Wildman–Crippen LogP) is 2.21. The molecule has 0 radical (unpaired) electrons. The van der Waals surface area contributed by atoms with Crippen LogP contribution in [0.2, 0.25) is 0 Å². The van der Waals surface area contributed by atoms with Gasteiger partial charge in [-0.1, -0.05) is 23.2 Å². The summed E-state index contributed by atoms with van der Waals surface area (Å²) in [6.45, 7) is 0. The number of hydrogen-bond acceptors (Lipinski definition) is 3. The Morgan fingerprint density at radius 2 is 2.25 bits per heavy atom. The summed E-state index contributed by atoms with van der Waals surface area (Å²) in [5, 5.41) is 3.03. The summed E-state index contributed by atoms with van der Waals surface area (Å²) in [4.78, 5) is 21.1. The molecule has 16 heavy (non-hydrogen) atoms. The molecule has 0 aromatic heterocycles. The molecule has 84 valence electrons. The lowest BCUT2D eigenvalue weighted by Gasteiger charge is -2.04. The van der Waals surface area contributed by atoms with Crippen LogP contribution < -0.4 is 5.32 Å². The van der Waals surface area contributed by atoms with E-state index in [0.29, 0.717) is 12.0 Å². The van der Waals surface area contributed by atoms with Gasteiger partial charge in [0.15, 0.2) is 10.6 Å². The van der Waals surface area contributed by atoms with Crippen LogP contribution in [0.25, 0.3) is 0 Å². The first-order valence-corrected chi connectivity index (χ1v) is 5.66. The number of ketones is 1. The number of hydrogen-bond donors (Lipinski definition) is 1. The summed E-state index contributed by atoms with van der Waals surface area (Å²) in [5.74, 6) is -0.319. The number of benzene rings is 1. The van der Waals surface area contributed by atoms with E-state index < -0.39 is 4.84 Å². The second-order valence-electron chi connectivity index (χ2n) is 3.63. The minimum atomic E-state index is -1.05. The first kappa shape index (κ1) is 11.4. The molecule has 0 saturated carbocycles. The monoisotopic (exact) mass is 257 g/mol. The quantitative estimate of drug-likeness (QED) is 0.513. The van der Waals surface area contributed by atoms with E-state index in [1.165, 1.54) is 0 Å². The predicted molar refractivity (Wildman–Crippen MR) is 63.4 cm³/mol. The van der Waals surface area contributed by atoms with Crippen LogP contribution in [0.3, 0.4) is 0 Å². The molecule has 2 rings (SSSR count). The van der Waals surface area contributed by atoms with Gasteiger partial charge in [-0.3, -0.25) is 4.79 Å². The Kier molecular flexibility index (Phi) is 3.17. The molecule has 0 saturated heterocycles. The van der Waals surface area contributed by atoms with Crippen LogP contribution in [0.5, 0.6) is 0 Å². The molecule has 0 fully saturated rings. The van der Waals surface area contributed by atoms with Crippen molar-refractivity contribution >= 4 is 41.0 Å². The van der Waals surface area contributed by atoms with Gasteiger partial charge in [-0.05, 0) is 23.8 Å². The van der Waals surface area contributed by atoms with E-state index in [1.54, 1.807) is 18.2 Å². The van der Waals surface area contributed by atoms with Crippen LogP contribution >= 0.6 is 23.2 Å². The fourth-order valence-corrected chi connectivity index (χ4v) is 2.00. The van der Waals surface area contributed by atoms with E-state index in [9.17, 15) is 9.59 Å². The maximum Gasteiger partial charge on any atom is 0.195 e. The molecule has 1 aliphatic rings. The Hall–Kier alpha value is -1.06. The molecule has 0 aliphatic carbocycles. The zero-order chi connectivity index (χ0) is 11.7. The summed E-state index contributed by atoms with van der Waals surface area (Å²) in [5.41, 5.74) is 2.30. The maximum absolute atomic E-state index is 11.5. The van der Waals surface area contributed by atoms with Gasteiger partial charge in [0.05, 0.1) is 6.04 Å². The van der Waals surface area contributed by atoms with Crippen LogP contribution in [0.1, 0.15) is 15.9 Å². The van der Waals surface area contributed by atoms with E-state index in [-0.39, 0.29) is 11.8 Å². The highest BCUT2D eigenvalue weighted by Gasteiger charge is 2.22. The highest BCUT2D eigenvalue weighted by molar-refractivity contribution is 6.55. The normalized spacial score (nSPS) is 18.1. The van der Waals surface area contributed by atoms with Gasteiger partial charge in [0.1, 0.15) is 6.29 Å². The maximum atomic E-state index is 11.5. The molecule has 1 aliphatic heterocycles. The van der Waals surface area contributed by atoms with Gasteiger partial charge in [0, 0.05) is 17.7 Å². The lowest BCUT2D eigenvalue weighted by molar-refractivity contribution is -0.108. The molecule has 1 heterocycles. The first-order valence-electron chi connectivity index (χ1n) is 4.79. The van der Waals surface area contributed by atoms with E-state index in [0.717, 1.165) is 17.5 Å². The molecular weight excluding hydrogens is 249 g/mol. The zero-order valence-electron chi connectivity index (χ0n) is 8.24. The minimum absolute atomic E-state index is 0.205. The van der Waals surface area contributed by atoms with E-state index in [1.807, 2.05) is 0 Å². The van der Waals surface area contributed by atoms with Gasteiger partial charge in [-0.25, -0.2) is 0 Å². The average Bonchev–Trinajstić information content (AvgIpc) is 2.69. The van der Waals surface area contributed by atoms with Crippen LogP contribution in [0.4, 0.5) is 5.69 Å². The molecule has 1 aromatic rings. The van der Waals surface area contributed by atoms with Crippen LogP contribution in [-0.2, 0) is 11.2 Å². The Bertz CT molecular complexity index is 446.